The molecule has 98 valence electrons. The van der Waals surface area contributed by atoms with E-state index in [1.807, 2.05) is 25.7 Å². The zero-order valence-electron chi connectivity index (χ0n) is 11.7. The van der Waals surface area contributed by atoms with Crippen molar-refractivity contribution in [2.75, 3.05) is 18.0 Å². The van der Waals surface area contributed by atoms with Crippen molar-refractivity contribution in [1.29, 1.82) is 5.26 Å². The van der Waals surface area contributed by atoms with Gasteiger partial charge in [-0.3, -0.25) is 0 Å². The van der Waals surface area contributed by atoms with Gasteiger partial charge < -0.3 is 10.0 Å². The smallest absolute Gasteiger partial charge is 0.169 e. The second kappa shape index (κ2) is 5.32. The number of aryl methyl sites for hydroxylation is 1. The maximum absolute atomic E-state index is 9.90. The number of anilines is 1. The van der Waals surface area contributed by atoms with Gasteiger partial charge in [-0.1, -0.05) is 0 Å². The molecule has 0 fully saturated rings. The molecule has 5 heteroatoms. The molecule has 1 heterocycles. The number of nitriles is 1. The molecule has 0 unspecified atom stereocenters. The summed E-state index contributed by atoms with van der Waals surface area (Å²) in [4.78, 5) is 1.87. The molecule has 0 radical (unpaired) electrons. The van der Waals surface area contributed by atoms with E-state index in [4.69, 9.17) is 0 Å². The quantitative estimate of drug-likeness (QED) is 0.875. The zero-order valence-corrected chi connectivity index (χ0v) is 11.7. The molecule has 0 saturated carbocycles. The van der Waals surface area contributed by atoms with E-state index in [9.17, 15) is 10.4 Å². The topological polar surface area (TPSA) is 73.0 Å². The average Bonchev–Trinajstić information content (AvgIpc) is 2.28. The van der Waals surface area contributed by atoms with Crippen LogP contribution in [0.2, 0.25) is 0 Å². The first-order valence-electron chi connectivity index (χ1n) is 6.01. The maximum atomic E-state index is 9.90. The molecule has 0 saturated heterocycles. The maximum Gasteiger partial charge on any atom is 0.169 e. The second-order valence-corrected chi connectivity index (χ2v) is 5.05. The minimum absolute atomic E-state index is 0.412. The van der Waals surface area contributed by atoms with Crippen LogP contribution >= 0.6 is 0 Å². The third-order valence-electron chi connectivity index (χ3n) is 2.81. The van der Waals surface area contributed by atoms with Gasteiger partial charge >= 0.3 is 0 Å². The molecule has 0 amide bonds. The lowest BCUT2D eigenvalue weighted by atomic mass is 10.1. The molecule has 18 heavy (non-hydrogen) atoms. The Morgan fingerprint density at radius 3 is 2.39 bits per heavy atom. The third-order valence-corrected chi connectivity index (χ3v) is 2.81. The molecule has 0 atom stereocenters. The Balaban J connectivity index is 3.23. The molecule has 1 rings (SSSR count). The lowest BCUT2D eigenvalue weighted by Gasteiger charge is -2.29. The van der Waals surface area contributed by atoms with Gasteiger partial charge in [0.25, 0.3) is 0 Å². The van der Waals surface area contributed by atoms with E-state index < -0.39 is 5.60 Å². The van der Waals surface area contributed by atoms with Crippen LogP contribution in [0.25, 0.3) is 0 Å². The SMILES string of the molecule is CCN(CC(C)(C)O)c1nnc(C)c(C)c1C#N. The van der Waals surface area contributed by atoms with Gasteiger partial charge in [0.05, 0.1) is 11.3 Å². The first-order valence-corrected chi connectivity index (χ1v) is 6.01. The lowest BCUT2D eigenvalue weighted by Crippen LogP contribution is -2.39. The fourth-order valence-corrected chi connectivity index (χ4v) is 1.75. The van der Waals surface area contributed by atoms with Crippen LogP contribution in [0.4, 0.5) is 5.82 Å². The molecule has 1 N–H and O–H groups in total. The summed E-state index contributed by atoms with van der Waals surface area (Å²) in [6, 6.07) is 2.18. The summed E-state index contributed by atoms with van der Waals surface area (Å²) in [5.41, 5.74) is 1.29. The summed E-state index contributed by atoms with van der Waals surface area (Å²) in [6.45, 7) is 10.2. The number of hydrogen-bond acceptors (Lipinski definition) is 5. The number of rotatable bonds is 4. The number of likely N-dealkylation sites (N-methyl/N-ethyl adjacent to an activating group) is 1. The molecule has 1 aromatic rings. The standard InChI is InChI=1S/C13H20N4O/c1-6-17(8-13(4,5)18)12-11(7-14)9(2)10(3)15-16-12/h18H,6,8H2,1-5H3. The highest BCUT2D eigenvalue weighted by molar-refractivity contribution is 5.57. The average molecular weight is 248 g/mol. The summed E-state index contributed by atoms with van der Waals surface area (Å²) >= 11 is 0. The first-order chi connectivity index (χ1) is 8.30. The van der Waals surface area contributed by atoms with Gasteiger partial charge in [0.2, 0.25) is 0 Å². The third kappa shape index (κ3) is 3.17. The normalized spacial score (nSPS) is 11.2. The van der Waals surface area contributed by atoms with E-state index in [0.29, 0.717) is 24.5 Å². The molecule has 0 aliphatic heterocycles. The van der Waals surface area contributed by atoms with Crippen molar-refractivity contribution in [3.8, 4) is 6.07 Å². The van der Waals surface area contributed by atoms with Crippen LogP contribution in [0.15, 0.2) is 0 Å². The van der Waals surface area contributed by atoms with E-state index in [2.05, 4.69) is 16.3 Å². The van der Waals surface area contributed by atoms with Crippen molar-refractivity contribution in [3.05, 3.63) is 16.8 Å². The highest BCUT2D eigenvalue weighted by Crippen LogP contribution is 2.22. The number of aromatic nitrogens is 2. The Hall–Kier alpha value is -1.67. The Morgan fingerprint density at radius 2 is 1.94 bits per heavy atom. The molecule has 0 spiro atoms. The summed E-state index contributed by atoms with van der Waals surface area (Å²) in [6.07, 6.45) is 0. The highest BCUT2D eigenvalue weighted by atomic mass is 16.3. The summed E-state index contributed by atoms with van der Waals surface area (Å²) < 4.78 is 0. The number of hydrogen-bond donors (Lipinski definition) is 1. The fraction of sp³-hybridized carbons (Fsp3) is 0.615. The van der Waals surface area contributed by atoms with E-state index in [-0.39, 0.29) is 0 Å². The van der Waals surface area contributed by atoms with Crippen molar-refractivity contribution in [3.63, 3.8) is 0 Å². The minimum Gasteiger partial charge on any atom is -0.389 e. The number of nitrogens with zero attached hydrogens (tertiary/aromatic N) is 4. The van der Waals surface area contributed by atoms with Crippen LogP contribution in [-0.4, -0.2) is 34.0 Å². The molecular formula is C13H20N4O. The second-order valence-electron chi connectivity index (χ2n) is 5.05. The van der Waals surface area contributed by atoms with Crippen molar-refractivity contribution >= 4 is 5.82 Å². The van der Waals surface area contributed by atoms with Crippen LogP contribution in [-0.2, 0) is 0 Å². The summed E-state index contributed by atoms with van der Waals surface area (Å²) in [7, 11) is 0. The van der Waals surface area contributed by atoms with Gasteiger partial charge in [0.15, 0.2) is 5.82 Å². The van der Waals surface area contributed by atoms with E-state index in [1.165, 1.54) is 0 Å². The summed E-state index contributed by atoms with van der Waals surface area (Å²) in [5, 5.41) is 27.3. The van der Waals surface area contributed by atoms with Gasteiger partial charge in [-0.15, -0.1) is 5.10 Å². The predicted molar refractivity (Wildman–Crippen MR) is 70.4 cm³/mol. The van der Waals surface area contributed by atoms with Gasteiger partial charge in [-0.05, 0) is 40.2 Å². The monoisotopic (exact) mass is 248 g/mol. The van der Waals surface area contributed by atoms with Crippen LogP contribution in [0.1, 0.15) is 37.6 Å². The molecule has 0 aliphatic carbocycles. The zero-order chi connectivity index (χ0) is 13.9. The molecule has 0 aliphatic rings. The van der Waals surface area contributed by atoms with E-state index in [1.54, 1.807) is 13.8 Å². The van der Waals surface area contributed by atoms with Crippen LogP contribution < -0.4 is 4.90 Å². The molecule has 0 bridgehead atoms. The summed E-state index contributed by atoms with van der Waals surface area (Å²) in [5.74, 6) is 0.547. The van der Waals surface area contributed by atoms with Gasteiger partial charge in [-0.25, -0.2) is 0 Å². The van der Waals surface area contributed by atoms with E-state index >= 15 is 0 Å². The van der Waals surface area contributed by atoms with Crippen molar-refractivity contribution in [1.82, 2.24) is 10.2 Å². The number of aliphatic hydroxyl groups is 1. The Morgan fingerprint density at radius 1 is 1.33 bits per heavy atom. The van der Waals surface area contributed by atoms with Crippen LogP contribution in [0, 0.1) is 25.2 Å². The van der Waals surface area contributed by atoms with Crippen molar-refractivity contribution < 1.29 is 5.11 Å². The van der Waals surface area contributed by atoms with Crippen molar-refractivity contribution in [2.45, 2.75) is 40.2 Å². The van der Waals surface area contributed by atoms with Crippen LogP contribution in [0.5, 0.6) is 0 Å². The van der Waals surface area contributed by atoms with Gasteiger partial charge in [0.1, 0.15) is 11.6 Å². The largest absolute Gasteiger partial charge is 0.389 e. The minimum atomic E-state index is -0.844. The van der Waals surface area contributed by atoms with Gasteiger partial charge in [-0.2, -0.15) is 10.4 Å². The fourth-order valence-electron chi connectivity index (χ4n) is 1.75. The first kappa shape index (κ1) is 14.4. The lowest BCUT2D eigenvalue weighted by molar-refractivity contribution is 0.0873. The molecule has 1 aromatic heterocycles. The van der Waals surface area contributed by atoms with Crippen molar-refractivity contribution in [2.24, 2.45) is 0 Å². The highest BCUT2D eigenvalue weighted by Gasteiger charge is 2.22. The Kier molecular flexibility index (Phi) is 4.25. The van der Waals surface area contributed by atoms with Crippen LogP contribution in [0.3, 0.4) is 0 Å². The van der Waals surface area contributed by atoms with E-state index in [0.717, 1.165) is 11.3 Å². The predicted octanol–water partition coefficient (Wildman–Crippen LogP) is 1.56. The van der Waals surface area contributed by atoms with Gasteiger partial charge in [0, 0.05) is 13.1 Å². The molecular weight excluding hydrogens is 228 g/mol. The molecule has 0 aromatic carbocycles. The Bertz CT molecular complexity index is 471. The Labute approximate surface area is 108 Å². The molecule has 5 nitrogen and oxygen atoms in total.